The molecule has 23 heavy (non-hydrogen) atoms. The largest absolute Gasteiger partial charge is 0.302 e. The fourth-order valence-corrected chi connectivity index (χ4v) is 3.43. The van der Waals surface area contributed by atoms with Crippen molar-refractivity contribution >= 4 is 17.4 Å². The van der Waals surface area contributed by atoms with Gasteiger partial charge in [-0.3, -0.25) is 10.1 Å². The first-order valence-corrected chi connectivity index (χ1v) is 8.43. The molecule has 2 aromatic rings. The van der Waals surface area contributed by atoms with Gasteiger partial charge in [-0.2, -0.15) is 0 Å². The fraction of sp³-hybridized carbons (Fsp3) is 0.375. The first kappa shape index (κ1) is 15.7. The molecule has 3 rings (SSSR count). The van der Waals surface area contributed by atoms with Gasteiger partial charge in [-0.15, -0.1) is 16.8 Å². The number of hydrogen-bond acceptors (Lipinski definition) is 5. The number of hydrogen-bond donors (Lipinski definition) is 0. The normalized spacial score (nSPS) is 15.3. The molecule has 1 atom stereocenters. The molecule has 1 aliphatic rings. The van der Waals surface area contributed by atoms with Crippen LogP contribution in [0.2, 0.25) is 0 Å². The Morgan fingerprint density at radius 2 is 2.30 bits per heavy atom. The van der Waals surface area contributed by atoms with Crippen molar-refractivity contribution in [3.05, 3.63) is 58.4 Å². The lowest BCUT2D eigenvalue weighted by molar-refractivity contribution is -0.384. The number of allylic oxidation sites excluding steroid dienone is 1. The van der Waals surface area contributed by atoms with Gasteiger partial charge in [-0.25, -0.2) is 0 Å². The summed E-state index contributed by atoms with van der Waals surface area (Å²) in [5, 5.41) is 20.4. The third-order valence-corrected chi connectivity index (χ3v) is 4.97. The van der Waals surface area contributed by atoms with Gasteiger partial charge in [-0.05, 0) is 25.3 Å². The molecule has 0 amide bonds. The summed E-state index contributed by atoms with van der Waals surface area (Å²) in [5.41, 5.74) is 1.02. The quantitative estimate of drug-likeness (QED) is 0.331. The summed E-state index contributed by atoms with van der Waals surface area (Å²) in [5.74, 6) is 1.54. The molecule has 1 heterocycles. The smallest absolute Gasteiger partial charge is 0.269 e. The van der Waals surface area contributed by atoms with Crippen molar-refractivity contribution in [2.75, 3.05) is 0 Å². The highest BCUT2D eigenvalue weighted by molar-refractivity contribution is 7.99. The molecule has 0 spiro atoms. The molecule has 0 radical (unpaired) electrons. The van der Waals surface area contributed by atoms with E-state index in [1.54, 1.807) is 23.9 Å². The van der Waals surface area contributed by atoms with Crippen LogP contribution in [0.1, 0.15) is 42.3 Å². The number of non-ortho nitro benzene ring substituents is 1. The van der Waals surface area contributed by atoms with Gasteiger partial charge in [0.05, 0.1) is 4.92 Å². The summed E-state index contributed by atoms with van der Waals surface area (Å²) < 4.78 is 2.10. The zero-order valence-electron chi connectivity index (χ0n) is 12.9. The first-order valence-electron chi connectivity index (χ1n) is 7.55. The van der Waals surface area contributed by atoms with Crippen LogP contribution in [0.25, 0.3) is 0 Å². The van der Waals surface area contributed by atoms with Crippen LogP contribution in [0.4, 0.5) is 5.69 Å². The number of nitrogens with zero attached hydrogens (tertiary/aromatic N) is 4. The summed E-state index contributed by atoms with van der Waals surface area (Å²) in [6.07, 6.45) is 4.18. The Labute approximate surface area is 138 Å². The highest BCUT2D eigenvalue weighted by Crippen LogP contribution is 2.42. The van der Waals surface area contributed by atoms with Crippen LogP contribution < -0.4 is 0 Å². The van der Waals surface area contributed by atoms with E-state index in [0.29, 0.717) is 12.5 Å². The summed E-state index contributed by atoms with van der Waals surface area (Å²) in [7, 11) is 0. The number of nitro benzene ring substituents is 1. The van der Waals surface area contributed by atoms with Crippen molar-refractivity contribution in [1.82, 2.24) is 14.8 Å². The van der Waals surface area contributed by atoms with Crippen LogP contribution in [0, 0.1) is 10.1 Å². The summed E-state index contributed by atoms with van der Waals surface area (Å²) in [4.78, 5) is 10.6. The molecule has 1 aromatic carbocycles. The lowest BCUT2D eigenvalue weighted by Crippen LogP contribution is -2.03. The summed E-state index contributed by atoms with van der Waals surface area (Å²) in [6, 6.07) is 6.75. The van der Waals surface area contributed by atoms with Crippen LogP contribution in [-0.4, -0.2) is 19.7 Å². The molecule has 1 fully saturated rings. The Morgan fingerprint density at radius 1 is 1.52 bits per heavy atom. The maximum atomic E-state index is 10.9. The first-order chi connectivity index (χ1) is 11.1. The van der Waals surface area contributed by atoms with E-state index in [-0.39, 0.29) is 15.9 Å². The lowest BCUT2D eigenvalue weighted by Gasteiger charge is -2.12. The average Bonchev–Trinajstić information content (AvgIpc) is 3.32. The second kappa shape index (κ2) is 6.54. The molecule has 1 aliphatic carbocycles. The van der Waals surface area contributed by atoms with Crippen LogP contribution in [0.5, 0.6) is 0 Å². The molecule has 1 aromatic heterocycles. The second-order valence-electron chi connectivity index (χ2n) is 5.63. The Morgan fingerprint density at radius 3 is 2.96 bits per heavy atom. The summed E-state index contributed by atoms with van der Waals surface area (Å²) in [6.45, 7) is 6.51. The number of nitro groups is 1. The highest BCUT2D eigenvalue weighted by Gasteiger charge is 2.30. The van der Waals surface area contributed by atoms with E-state index in [9.17, 15) is 10.1 Å². The van der Waals surface area contributed by atoms with Crippen molar-refractivity contribution in [1.29, 1.82) is 0 Å². The molecule has 1 saturated carbocycles. The minimum atomic E-state index is -0.369. The van der Waals surface area contributed by atoms with Gasteiger partial charge in [0, 0.05) is 29.8 Å². The molecule has 120 valence electrons. The molecule has 0 N–H and O–H groups in total. The van der Waals surface area contributed by atoms with E-state index in [2.05, 4.69) is 21.3 Å². The lowest BCUT2D eigenvalue weighted by atomic mass is 10.1. The van der Waals surface area contributed by atoms with E-state index in [1.807, 2.05) is 19.1 Å². The topological polar surface area (TPSA) is 73.8 Å². The Balaban J connectivity index is 1.82. The monoisotopic (exact) mass is 330 g/mol. The molecule has 0 saturated heterocycles. The second-order valence-corrected chi connectivity index (χ2v) is 6.93. The number of rotatable bonds is 7. The van der Waals surface area contributed by atoms with Crippen LogP contribution in [-0.2, 0) is 6.54 Å². The predicted molar refractivity (Wildman–Crippen MR) is 89.6 cm³/mol. The SMILES string of the molecule is C=CCn1c(SC(C)c2cccc([N+](=O)[O-])c2)nnc1C1CC1. The Hall–Kier alpha value is -2.15. The number of thioether (sulfide) groups is 1. The average molecular weight is 330 g/mol. The van der Waals surface area contributed by atoms with Gasteiger partial charge in [0.15, 0.2) is 5.16 Å². The minimum absolute atomic E-state index is 0.0507. The molecular weight excluding hydrogens is 312 g/mol. The van der Waals surface area contributed by atoms with Gasteiger partial charge in [-0.1, -0.05) is 30.0 Å². The van der Waals surface area contributed by atoms with Crippen molar-refractivity contribution in [2.24, 2.45) is 0 Å². The van der Waals surface area contributed by atoms with E-state index < -0.39 is 0 Å². The van der Waals surface area contributed by atoms with E-state index in [1.165, 1.54) is 18.9 Å². The fourth-order valence-electron chi connectivity index (χ4n) is 2.45. The van der Waals surface area contributed by atoms with Crippen molar-refractivity contribution in [3.63, 3.8) is 0 Å². The third kappa shape index (κ3) is 3.44. The Bertz CT molecular complexity index is 739. The van der Waals surface area contributed by atoms with Crippen LogP contribution >= 0.6 is 11.8 Å². The van der Waals surface area contributed by atoms with Gasteiger partial charge < -0.3 is 4.57 Å². The van der Waals surface area contributed by atoms with E-state index in [0.717, 1.165) is 16.5 Å². The molecule has 1 unspecified atom stereocenters. The standard InChI is InChI=1S/C16H18N4O2S/c1-3-9-19-15(12-7-8-12)17-18-16(19)23-11(2)13-5-4-6-14(10-13)20(21)22/h3-6,10-12H,1,7-9H2,2H3. The molecule has 0 aliphatic heterocycles. The minimum Gasteiger partial charge on any atom is -0.302 e. The third-order valence-electron chi connectivity index (χ3n) is 3.83. The maximum absolute atomic E-state index is 10.9. The van der Waals surface area contributed by atoms with Crippen LogP contribution in [0.15, 0.2) is 42.1 Å². The highest BCUT2D eigenvalue weighted by atomic mass is 32.2. The zero-order chi connectivity index (χ0) is 16.4. The zero-order valence-corrected chi connectivity index (χ0v) is 13.7. The number of benzene rings is 1. The number of aromatic nitrogens is 3. The Kier molecular flexibility index (Phi) is 4.47. The van der Waals surface area contributed by atoms with Gasteiger partial charge in [0.1, 0.15) is 5.82 Å². The van der Waals surface area contributed by atoms with Crippen molar-refractivity contribution in [2.45, 2.75) is 42.6 Å². The summed E-state index contributed by atoms with van der Waals surface area (Å²) >= 11 is 1.57. The molecule has 6 nitrogen and oxygen atoms in total. The van der Waals surface area contributed by atoms with Crippen molar-refractivity contribution in [3.8, 4) is 0 Å². The van der Waals surface area contributed by atoms with Gasteiger partial charge in [0.2, 0.25) is 0 Å². The molecular formula is C16H18N4O2S. The maximum Gasteiger partial charge on any atom is 0.269 e. The molecule has 7 heteroatoms. The molecule has 0 bridgehead atoms. The van der Waals surface area contributed by atoms with Crippen molar-refractivity contribution < 1.29 is 4.92 Å². The predicted octanol–water partition coefficient (Wildman–Crippen LogP) is 4.10. The van der Waals surface area contributed by atoms with E-state index in [4.69, 9.17) is 0 Å². The van der Waals surface area contributed by atoms with Gasteiger partial charge >= 0.3 is 0 Å². The van der Waals surface area contributed by atoms with Gasteiger partial charge in [0.25, 0.3) is 5.69 Å². The van der Waals surface area contributed by atoms with E-state index >= 15 is 0 Å². The van der Waals surface area contributed by atoms with Crippen LogP contribution in [0.3, 0.4) is 0 Å².